The van der Waals surface area contributed by atoms with Crippen LogP contribution in [-0.4, -0.2) is 64.9 Å². The van der Waals surface area contributed by atoms with Crippen molar-refractivity contribution in [2.24, 2.45) is 0 Å². The van der Waals surface area contributed by atoms with Gasteiger partial charge in [0.25, 0.3) is 0 Å². The number of morpholine rings is 1. The largest absolute Gasteiger partial charge is 0.494 e. The van der Waals surface area contributed by atoms with E-state index in [0.717, 1.165) is 56.3 Å². The molecule has 6 nitrogen and oxygen atoms in total. The number of ether oxygens (including phenoxy) is 2. The van der Waals surface area contributed by atoms with Gasteiger partial charge in [0, 0.05) is 24.4 Å². The molecule has 0 N–H and O–H groups in total. The molecule has 0 spiro atoms. The fourth-order valence-electron chi connectivity index (χ4n) is 3.54. The fraction of sp³-hybridized carbons (Fsp3) is 0.391. The summed E-state index contributed by atoms with van der Waals surface area (Å²) in [7, 11) is 0. The molecule has 1 saturated heterocycles. The summed E-state index contributed by atoms with van der Waals surface area (Å²) in [6, 6.07) is 14.4. The predicted molar refractivity (Wildman–Crippen MR) is 121 cm³/mol. The van der Waals surface area contributed by atoms with E-state index in [-0.39, 0.29) is 5.82 Å². The molecule has 164 valence electrons. The highest BCUT2D eigenvalue weighted by Crippen LogP contribution is 2.30. The van der Waals surface area contributed by atoms with Crippen molar-refractivity contribution < 1.29 is 13.9 Å². The zero-order valence-corrected chi connectivity index (χ0v) is 18.5. The smallest absolute Gasteiger partial charge is 0.196 e. The lowest BCUT2D eigenvalue weighted by atomic mass is 10.2. The van der Waals surface area contributed by atoms with Gasteiger partial charge in [-0.1, -0.05) is 23.9 Å². The molecule has 1 aliphatic rings. The molecule has 8 heteroatoms. The zero-order chi connectivity index (χ0) is 21.5. The van der Waals surface area contributed by atoms with Crippen LogP contribution in [0.25, 0.3) is 17.1 Å². The normalized spacial score (nSPS) is 14.6. The highest BCUT2D eigenvalue weighted by molar-refractivity contribution is 7.99. The van der Waals surface area contributed by atoms with Crippen molar-refractivity contribution in [3.05, 3.63) is 54.3 Å². The van der Waals surface area contributed by atoms with E-state index in [2.05, 4.69) is 15.1 Å². The first-order chi connectivity index (χ1) is 15.3. The Morgan fingerprint density at radius 2 is 1.84 bits per heavy atom. The molecule has 1 aromatic heterocycles. The lowest BCUT2D eigenvalue weighted by molar-refractivity contribution is 0.0381. The van der Waals surface area contributed by atoms with E-state index in [0.29, 0.717) is 23.3 Å². The SMILES string of the molecule is CCOc1ccc(-c2nnc(SCCCN3CCOCC3)n2-c2ccccc2F)cc1. The molecule has 1 aliphatic heterocycles. The third-order valence-corrected chi connectivity index (χ3v) is 6.12. The standard InChI is InChI=1S/C23H27FN4O2S/c1-2-30-19-10-8-18(9-11-19)22-25-26-23(28(22)21-7-4-3-6-20(21)24)31-17-5-12-27-13-15-29-16-14-27/h3-4,6-11H,2,5,12-17H2,1H3. The molecule has 3 aromatic rings. The first kappa shape index (κ1) is 21.8. The molecule has 2 heterocycles. The van der Waals surface area contributed by atoms with Gasteiger partial charge in [-0.05, 0) is 56.3 Å². The number of thioether (sulfide) groups is 1. The second-order valence-corrected chi connectivity index (χ2v) is 8.27. The van der Waals surface area contributed by atoms with Gasteiger partial charge in [-0.3, -0.25) is 9.47 Å². The molecule has 0 saturated carbocycles. The highest BCUT2D eigenvalue weighted by atomic mass is 32.2. The van der Waals surface area contributed by atoms with E-state index in [1.807, 2.05) is 41.8 Å². The highest BCUT2D eigenvalue weighted by Gasteiger charge is 2.19. The van der Waals surface area contributed by atoms with Crippen LogP contribution in [0.2, 0.25) is 0 Å². The minimum Gasteiger partial charge on any atom is -0.494 e. The van der Waals surface area contributed by atoms with Crippen LogP contribution >= 0.6 is 11.8 Å². The van der Waals surface area contributed by atoms with E-state index >= 15 is 0 Å². The van der Waals surface area contributed by atoms with Gasteiger partial charge >= 0.3 is 0 Å². The number of halogens is 1. The van der Waals surface area contributed by atoms with Gasteiger partial charge < -0.3 is 9.47 Å². The lowest BCUT2D eigenvalue weighted by Crippen LogP contribution is -2.36. The first-order valence-electron chi connectivity index (χ1n) is 10.6. The van der Waals surface area contributed by atoms with E-state index < -0.39 is 0 Å². The maximum Gasteiger partial charge on any atom is 0.196 e. The van der Waals surface area contributed by atoms with Gasteiger partial charge in [-0.15, -0.1) is 10.2 Å². The molecule has 1 fully saturated rings. The summed E-state index contributed by atoms with van der Waals surface area (Å²) in [5.41, 5.74) is 1.31. The summed E-state index contributed by atoms with van der Waals surface area (Å²) in [5, 5.41) is 9.49. The van der Waals surface area contributed by atoms with Gasteiger partial charge in [-0.2, -0.15) is 0 Å². The van der Waals surface area contributed by atoms with Crippen molar-refractivity contribution in [3.63, 3.8) is 0 Å². The van der Waals surface area contributed by atoms with Crippen molar-refractivity contribution >= 4 is 11.8 Å². The number of benzene rings is 2. The third kappa shape index (κ3) is 5.44. The number of aromatic nitrogens is 3. The molecule has 4 rings (SSSR count). The van der Waals surface area contributed by atoms with E-state index in [9.17, 15) is 4.39 Å². The quantitative estimate of drug-likeness (QED) is 0.364. The molecule has 0 bridgehead atoms. The molecule has 0 radical (unpaired) electrons. The van der Waals surface area contributed by atoms with Crippen molar-refractivity contribution in [3.8, 4) is 22.8 Å². The Labute approximate surface area is 186 Å². The minimum atomic E-state index is -0.301. The van der Waals surface area contributed by atoms with Crippen molar-refractivity contribution in [1.29, 1.82) is 0 Å². The summed E-state index contributed by atoms with van der Waals surface area (Å²) in [5.74, 6) is 1.99. The van der Waals surface area contributed by atoms with Gasteiger partial charge in [0.1, 0.15) is 11.6 Å². The summed E-state index contributed by atoms with van der Waals surface area (Å²) >= 11 is 1.61. The molecule has 0 atom stereocenters. The molecule has 0 aliphatic carbocycles. The Morgan fingerprint density at radius 1 is 1.06 bits per heavy atom. The van der Waals surface area contributed by atoms with Crippen LogP contribution in [0.3, 0.4) is 0 Å². The van der Waals surface area contributed by atoms with Crippen LogP contribution in [0.1, 0.15) is 13.3 Å². The molecule has 2 aromatic carbocycles. The van der Waals surface area contributed by atoms with Gasteiger partial charge in [-0.25, -0.2) is 4.39 Å². The van der Waals surface area contributed by atoms with E-state index in [1.54, 1.807) is 23.9 Å². The predicted octanol–water partition coefficient (Wildman–Crippen LogP) is 4.29. The maximum absolute atomic E-state index is 14.7. The molecular weight excluding hydrogens is 415 g/mol. The number of hydrogen-bond acceptors (Lipinski definition) is 6. The van der Waals surface area contributed by atoms with Gasteiger partial charge in [0.15, 0.2) is 11.0 Å². The Hall–Kier alpha value is -2.42. The lowest BCUT2D eigenvalue weighted by Gasteiger charge is -2.26. The second-order valence-electron chi connectivity index (χ2n) is 7.21. The van der Waals surface area contributed by atoms with Crippen LogP contribution in [0.5, 0.6) is 5.75 Å². The summed E-state index contributed by atoms with van der Waals surface area (Å²) in [6.45, 7) is 7.16. The Morgan fingerprint density at radius 3 is 2.58 bits per heavy atom. The molecule has 31 heavy (non-hydrogen) atoms. The number of nitrogens with zero attached hydrogens (tertiary/aromatic N) is 4. The van der Waals surface area contributed by atoms with Gasteiger partial charge in [0.05, 0.1) is 25.5 Å². The summed E-state index contributed by atoms with van der Waals surface area (Å²) in [6.07, 6.45) is 1.02. The summed E-state index contributed by atoms with van der Waals surface area (Å²) < 4.78 is 27.4. The van der Waals surface area contributed by atoms with E-state index in [1.165, 1.54) is 6.07 Å². The number of para-hydroxylation sites is 1. The average molecular weight is 443 g/mol. The first-order valence-corrected chi connectivity index (χ1v) is 11.6. The molecule has 0 amide bonds. The number of rotatable bonds is 9. The van der Waals surface area contributed by atoms with Crippen LogP contribution < -0.4 is 4.74 Å². The third-order valence-electron chi connectivity index (χ3n) is 5.10. The van der Waals surface area contributed by atoms with Crippen molar-refractivity contribution in [1.82, 2.24) is 19.7 Å². The Balaban J connectivity index is 1.54. The maximum atomic E-state index is 14.7. The zero-order valence-electron chi connectivity index (χ0n) is 17.7. The Kier molecular flexibility index (Phi) is 7.56. The fourth-order valence-corrected chi connectivity index (χ4v) is 4.41. The molecule has 0 unspecified atom stereocenters. The second kappa shape index (κ2) is 10.7. The minimum absolute atomic E-state index is 0.301. The van der Waals surface area contributed by atoms with Crippen molar-refractivity contribution in [2.45, 2.75) is 18.5 Å². The molecular formula is C23H27FN4O2S. The average Bonchev–Trinajstić information content (AvgIpc) is 3.22. The van der Waals surface area contributed by atoms with Crippen LogP contribution in [0.4, 0.5) is 4.39 Å². The monoisotopic (exact) mass is 442 g/mol. The Bertz CT molecular complexity index is 974. The topological polar surface area (TPSA) is 52.4 Å². The van der Waals surface area contributed by atoms with Gasteiger partial charge in [0.2, 0.25) is 0 Å². The van der Waals surface area contributed by atoms with Crippen LogP contribution in [0.15, 0.2) is 53.7 Å². The van der Waals surface area contributed by atoms with Crippen LogP contribution in [-0.2, 0) is 4.74 Å². The van der Waals surface area contributed by atoms with Crippen LogP contribution in [0, 0.1) is 5.82 Å². The summed E-state index contributed by atoms with van der Waals surface area (Å²) in [4.78, 5) is 2.41. The van der Waals surface area contributed by atoms with Crippen molar-refractivity contribution in [2.75, 3.05) is 45.2 Å². The number of hydrogen-bond donors (Lipinski definition) is 0. The van der Waals surface area contributed by atoms with E-state index in [4.69, 9.17) is 9.47 Å².